The number of aromatic nitrogens is 6. The maximum atomic E-state index is 10.3. The number of carboxylic acids is 2. The van der Waals surface area contributed by atoms with Gasteiger partial charge in [-0.3, -0.25) is 29.9 Å². The number of nitrogens with zero attached hydrogens (tertiary/aromatic N) is 6. The van der Waals surface area contributed by atoms with Crippen molar-refractivity contribution >= 4 is 23.3 Å². The monoisotopic (exact) mass is 742 g/mol. The van der Waals surface area contributed by atoms with Crippen LogP contribution in [0.2, 0.25) is 0 Å². The van der Waals surface area contributed by atoms with Gasteiger partial charge in [0.25, 0.3) is 0 Å². The highest BCUT2D eigenvalue weighted by atomic mass is 16.4. The van der Waals surface area contributed by atoms with Crippen LogP contribution in [0.15, 0.2) is 196 Å². The fourth-order valence-corrected chi connectivity index (χ4v) is 4.61. The van der Waals surface area contributed by atoms with Gasteiger partial charge in [0.05, 0.1) is 11.1 Å². The summed E-state index contributed by atoms with van der Waals surface area (Å²) in [5, 5.41) is 16.9. The summed E-state index contributed by atoms with van der Waals surface area (Å²) in [5.74, 6) is -1.90. The maximum absolute atomic E-state index is 10.3. The molecule has 0 amide bonds. The van der Waals surface area contributed by atoms with Gasteiger partial charge in [-0.1, -0.05) is 12.1 Å². The van der Waals surface area contributed by atoms with Gasteiger partial charge in [-0.15, -0.1) is 0 Å². The summed E-state index contributed by atoms with van der Waals surface area (Å²) >= 11 is 0. The van der Waals surface area contributed by atoms with E-state index in [-0.39, 0.29) is 11.1 Å². The lowest BCUT2D eigenvalue weighted by Gasteiger charge is -1.97. The molecule has 0 aliphatic rings. The number of nitrogens with two attached hydrogens (primary N) is 2. The van der Waals surface area contributed by atoms with Crippen molar-refractivity contribution in [3.05, 3.63) is 207 Å². The minimum atomic E-state index is -0.952. The van der Waals surface area contributed by atoms with Crippen molar-refractivity contribution in [2.75, 3.05) is 11.5 Å². The van der Waals surface area contributed by atoms with E-state index in [9.17, 15) is 9.59 Å². The molecule has 0 unspecified atom stereocenters. The number of nitrogen functional groups attached to an aromatic ring is 2. The van der Waals surface area contributed by atoms with Crippen LogP contribution in [-0.4, -0.2) is 52.1 Å². The highest BCUT2D eigenvalue weighted by molar-refractivity contribution is 5.89. The molecule has 0 aliphatic heterocycles. The number of benzene rings is 2. The van der Waals surface area contributed by atoms with Gasteiger partial charge in [0.15, 0.2) is 0 Å². The smallest absolute Gasteiger partial charge is 0.335 e. The van der Waals surface area contributed by atoms with Gasteiger partial charge in [0, 0.05) is 85.7 Å². The van der Waals surface area contributed by atoms with Crippen LogP contribution >= 0.6 is 0 Å². The number of pyridine rings is 6. The van der Waals surface area contributed by atoms with Gasteiger partial charge in [-0.25, -0.2) is 9.59 Å². The molecule has 6 heterocycles. The van der Waals surface area contributed by atoms with E-state index in [0.29, 0.717) is 11.4 Å². The Balaban J connectivity index is 0.000000156. The Morgan fingerprint density at radius 3 is 0.679 bits per heavy atom. The number of anilines is 2. The fraction of sp³-hybridized carbons (Fsp3) is 0. The summed E-state index contributed by atoms with van der Waals surface area (Å²) < 4.78 is 0. The fourth-order valence-electron chi connectivity index (χ4n) is 4.61. The van der Waals surface area contributed by atoms with Crippen molar-refractivity contribution in [3.8, 4) is 33.4 Å². The summed E-state index contributed by atoms with van der Waals surface area (Å²) in [6.07, 6.45) is 21.4. The molecular formula is C44H38N8O4. The van der Waals surface area contributed by atoms with E-state index in [2.05, 4.69) is 29.9 Å². The van der Waals surface area contributed by atoms with Crippen molar-refractivity contribution in [3.63, 3.8) is 0 Å². The number of hydrogen-bond donors (Lipinski definition) is 4. The van der Waals surface area contributed by atoms with Gasteiger partial charge in [0.2, 0.25) is 0 Å². The third-order valence-electron chi connectivity index (χ3n) is 7.35. The zero-order valence-electron chi connectivity index (χ0n) is 30.0. The first-order chi connectivity index (χ1) is 27.3. The predicted molar refractivity (Wildman–Crippen MR) is 218 cm³/mol. The molecule has 0 bridgehead atoms. The molecule has 6 aromatic heterocycles. The average Bonchev–Trinajstić information content (AvgIpc) is 3.26. The third kappa shape index (κ3) is 14.5. The molecule has 0 fully saturated rings. The number of rotatable bonds is 5. The first kappa shape index (κ1) is 40.6. The van der Waals surface area contributed by atoms with Gasteiger partial charge >= 0.3 is 11.9 Å². The summed E-state index contributed by atoms with van der Waals surface area (Å²) in [6, 6.07) is 36.1. The highest BCUT2D eigenvalue weighted by Crippen LogP contribution is 2.17. The van der Waals surface area contributed by atoms with E-state index in [1.54, 1.807) is 98.6 Å². The number of hydrogen-bond acceptors (Lipinski definition) is 10. The Kier molecular flexibility index (Phi) is 16.5. The summed E-state index contributed by atoms with van der Waals surface area (Å²) in [7, 11) is 0. The van der Waals surface area contributed by atoms with Crippen molar-refractivity contribution in [2.24, 2.45) is 0 Å². The minimum absolute atomic E-state index is 0.222. The zero-order valence-corrected chi connectivity index (χ0v) is 30.0. The molecule has 278 valence electrons. The van der Waals surface area contributed by atoms with Gasteiger partial charge in [0.1, 0.15) is 0 Å². The highest BCUT2D eigenvalue weighted by Gasteiger charge is 2.01. The molecule has 56 heavy (non-hydrogen) atoms. The third-order valence-corrected chi connectivity index (χ3v) is 7.35. The second-order valence-corrected chi connectivity index (χ2v) is 11.3. The zero-order chi connectivity index (χ0) is 39.8. The largest absolute Gasteiger partial charge is 0.478 e. The Morgan fingerprint density at radius 1 is 0.339 bits per heavy atom. The number of aromatic carboxylic acids is 2. The lowest BCUT2D eigenvalue weighted by molar-refractivity contribution is 0.0686. The lowest BCUT2D eigenvalue weighted by Crippen LogP contribution is -1.96. The van der Waals surface area contributed by atoms with Crippen LogP contribution in [0, 0.1) is 0 Å². The Morgan fingerprint density at radius 2 is 0.536 bits per heavy atom. The lowest BCUT2D eigenvalue weighted by atomic mass is 10.1. The normalized spacial score (nSPS) is 9.50. The van der Waals surface area contributed by atoms with Crippen LogP contribution in [0.25, 0.3) is 33.4 Å². The van der Waals surface area contributed by atoms with Crippen LogP contribution in [0.4, 0.5) is 11.4 Å². The van der Waals surface area contributed by atoms with Gasteiger partial charge < -0.3 is 21.7 Å². The van der Waals surface area contributed by atoms with Gasteiger partial charge in [-0.2, -0.15) is 0 Å². The van der Waals surface area contributed by atoms with E-state index >= 15 is 0 Å². The van der Waals surface area contributed by atoms with E-state index < -0.39 is 11.9 Å². The van der Waals surface area contributed by atoms with Crippen LogP contribution in [-0.2, 0) is 0 Å². The van der Waals surface area contributed by atoms with Crippen LogP contribution < -0.4 is 11.5 Å². The Hall–Kier alpha value is -8.12. The standard InChI is InChI=1S/3C10H8N2.2C7H7NO2/c3*1-5-11-6-2-9(1)10-3-7-12-8-4-10;2*8-6-3-1-2-5(4-6)7(9)10/h3*1-8H;2*1-4H,8H2,(H,9,10). The minimum Gasteiger partial charge on any atom is -0.478 e. The molecule has 0 saturated heterocycles. The predicted octanol–water partition coefficient (Wildman–Crippen LogP) is 8.36. The van der Waals surface area contributed by atoms with E-state index in [1.165, 1.54) is 57.6 Å². The van der Waals surface area contributed by atoms with E-state index in [4.69, 9.17) is 21.7 Å². The van der Waals surface area contributed by atoms with E-state index in [1.807, 2.05) is 72.8 Å². The summed E-state index contributed by atoms with van der Waals surface area (Å²) in [5.41, 5.74) is 19.1. The van der Waals surface area contributed by atoms with Crippen molar-refractivity contribution in [1.82, 2.24) is 29.9 Å². The second kappa shape index (κ2) is 22.7. The molecule has 0 aliphatic carbocycles. The molecule has 8 rings (SSSR count). The van der Waals surface area contributed by atoms with E-state index in [0.717, 1.165) is 0 Å². The van der Waals surface area contributed by atoms with Crippen molar-refractivity contribution < 1.29 is 19.8 Å². The summed E-state index contributed by atoms with van der Waals surface area (Å²) in [4.78, 5) is 44.3. The quantitative estimate of drug-likeness (QED) is 0.123. The Bertz CT molecular complexity index is 1980. The second-order valence-electron chi connectivity index (χ2n) is 11.3. The molecule has 0 radical (unpaired) electrons. The molecule has 2 aromatic carbocycles. The van der Waals surface area contributed by atoms with Crippen molar-refractivity contribution in [1.29, 1.82) is 0 Å². The number of carboxylic acid groups (broad SMARTS) is 2. The first-order valence-corrected chi connectivity index (χ1v) is 16.9. The van der Waals surface area contributed by atoms with Crippen molar-refractivity contribution in [2.45, 2.75) is 0 Å². The van der Waals surface area contributed by atoms with Gasteiger partial charge in [-0.05, 0) is 143 Å². The van der Waals surface area contributed by atoms with Crippen LogP contribution in [0.5, 0.6) is 0 Å². The summed E-state index contributed by atoms with van der Waals surface area (Å²) in [6.45, 7) is 0. The molecule has 8 aromatic rings. The molecule has 12 heteroatoms. The maximum Gasteiger partial charge on any atom is 0.335 e. The topological polar surface area (TPSA) is 204 Å². The molecule has 12 nitrogen and oxygen atoms in total. The molecular weight excluding hydrogens is 705 g/mol. The molecule has 0 saturated carbocycles. The Labute approximate surface area is 323 Å². The first-order valence-electron chi connectivity index (χ1n) is 16.9. The van der Waals surface area contributed by atoms with Crippen LogP contribution in [0.1, 0.15) is 20.7 Å². The molecule has 6 N–H and O–H groups in total. The average molecular weight is 743 g/mol. The SMILES string of the molecule is Nc1cccc(C(=O)O)c1.Nc1cccc(C(=O)O)c1.c1cc(-c2ccncc2)ccn1.c1cc(-c2ccncc2)ccn1.c1cc(-c2ccncc2)ccn1. The molecule has 0 atom stereocenters. The van der Waals surface area contributed by atoms with Crippen LogP contribution in [0.3, 0.4) is 0 Å². The molecule has 0 spiro atoms. The number of carbonyl (C=O) groups is 2.